The first-order valence-electron chi connectivity index (χ1n) is 10.6. The van der Waals surface area contributed by atoms with E-state index >= 15 is 0 Å². The van der Waals surface area contributed by atoms with Gasteiger partial charge >= 0.3 is 6.18 Å². The van der Waals surface area contributed by atoms with Crippen molar-refractivity contribution in [2.24, 2.45) is 0 Å². The number of carbonyl (C=O) groups excluding carboxylic acids is 1. The number of benzene rings is 2. The smallest absolute Gasteiger partial charge is 0.370 e. The number of para-hydroxylation sites is 1. The van der Waals surface area contributed by atoms with Crippen LogP contribution in [0.3, 0.4) is 0 Å². The molecule has 5 rings (SSSR count). The van der Waals surface area contributed by atoms with Gasteiger partial charge in [-0.15, -0.1) is 0 Å². The van der Waals surface area contributed by atoms with Gasteiger partial charge in [-0.25, -0.2) is 4.52 Å². The number of aromatic nitrogens is 3. The molecule has 0 bridgehead atoms. The molecule has 1 aliphatic rings. The van der Waals surface area contributed by atoms with Crippen LogP contribution in [-0.4, -0.2) is 33.6 Å². The number of halogens is 3. The third-order valence-electron chi connectivity index (χ3n) is 5.89. The van der Waals surface area contributed by atoms with E-state index in [1.165, 1.54) is 16.8 Å². The minimum atomic E-state index is -4.55. The Labute approximate surface area is 185 Å². The lowest BCUT2D eigenvalue weighted by Crippen LogP contribution is -2.30. The molecule has 0 aliphatic carbocycles. The monoisotopic (exact) mass is 455 g/mol. The van der Waals surface area contributed by atoms with Crippen LogP contribution in [0.4, 0.5) is 24.5 Å². The standard InChI is InChI=1S/C23H20F3N5O2/c24-23(25,26)14-8-9-19(30-10-4-1-5-11-30)17(12-14)28-22(33)16-13-27-31-18-7-3-2-6-15(18)21(32)29-20(16)31/h2-3,6-9,12-13H,1,4-5,10-11H2,(H,28,33)(H,29,32). The maximum Gasteiger partial charge on any atom is 0.416 e. The summed E-state index contributed by atoms with van der Waals surface area (Å²) >= 11 is 0. The predicted molar refractivity (Wildman–Crippen MR) is 119 cm³/mol. The lowest BCUT2D eigenvalue weighted by Gasteiger charge is -2.31. The van der Waals surface area contributed by atoms with Crippen LogP contribution in [0, 0.1) is 0 Å². The van der Waals surface area contributed by atoms with Gasteiger partial charge < -0.3 is 15.2 Å². The first kappa shape index (κ1) is 21.0. The summed E-state index contributed by atoms with van der Waals surface area (Å²) < 4.78 is 41.6. The van der Waals surface area contributed by atoms with Crippen LogP contribution in [0.5, 0.6) is 0 Å². The van der Waals surface area contributed by atoms with E-state index in [1.807, 2.05) is 4.90 Å². The highest BCUT2D eigenvalue weighted by Gasteiger charge is 2.32. The van der Waals surface area contributed by atoms with E-state index in [9.17, 15) is 22.8 Å². The molecule has 4 aromatic rings. The molecule has 33 heavy (non-hydrogen) atoms. The van der Waals surface area contributed by atoms with Crippen molar-refractivity contribution in [2.45, 2.75) is 25.4 Å². The normalized spacial score (nSPS) is 14.7. The van der Waals surface area contributed by atoms with Gasteiger partial charge in [-0.2, -0.15) is 18.3 Å². The number of piperidine rings is 1. The Morgan fingerprint density at radius 1 is 1.06 bits per heavy atom. The van der Waals surface area contributed by atoms with Crippen molar-refractivity contribution in [3.63, 3.8) is 0 Å². The number of hydrogen-bond acceptors (Lipinski definition) is 4. The van der Waals surface area contributed by atoms with Crippen LogP contribution in [0.1, 0.15) is 35.2 Å². The van der Waals surface area contributed by atoms with Gasteiger partial charge in [-0.05, 0) is 49.6 Å². The number of aromatic amines is 1. The third-order valence-corrected chi connectivity index (χ3v) is 5.89. The zero-order valence-electron chi connectivity index (χ0n) is 17.4. The number of anilines is 2. The fraction of sp³-hybridized carbons (Fsp3) is 0.261. The molecule has 10 heteroatoms. The molecule has 1 saturated heterocycles. The summed E-state index contributed by atoms with van der Waals surface area (Å²) in [5, 5.41) is 7.25. The van der Waals surface area contributed by atoms with Crippen molar-refractivity contribution < 1.29 is 18.0 Å². The lowest BCUT2D eigenvalue weighted by molar-refractivity contribution is -0.137. The van der Waals surface area contributed by atoms with Crippen molar-refractivity contribution in [3.05, 3.63) is 70.1 Å². The minimum Gasteiger partial charge on any atom is -0.370 e. The molecule has 0 unspecified atom stereocenters. The number of alkyl halides is 3. The summed E-state index contributed by atoms with van der Waals surface area (Å²) in [5.41, 5.74) is 0.107. The molecule has 2 aromatic heterocycles. The number of hydrogen-bond donors (Lipinski definition) is 2. The maximum atomic E-state index is 13.4. The number of amides is 1. The molecule has 0 spiro atoms. The summed E-state index contributed by atoms with van der Waals surface area (Å²) in [4.78, 5) is 30.3. The molecule has 2 aromatic carbocycles. The molecule has 0 atom stereocenters. The summed E-state index contributed by atoms with van der Waals surface area (Å²) in [7, 11) is 0. The average molecular weight is 455 g/mol. The maximum absolute atomic E-state index is 13.4. The van der Waals surface area contributed by atoms with E-state index in [4.69, 9.17) is 0 Å². The van der Waals surface area contributed by atoms with E-state index in [2.05, 4.69) is 15.4 Å². The Balaban J connectivity index is 1.56. The summed E-state index contributed by atoms with van der Waals surface area (Å²) in [6, 6.07) is 10.2. The van der Waals surface area contributed by atoms with E-state index in [0.717, 1.165) is 31.4 Å². The fourth-order valence-corrected chi connectivity index (χ4v) is 4.26. The summed E-state index contributed by atoms with van der Waals surface area (Å²) in [5.74, 6) is -0.659. The molecule has 7 nitrogen and oxygen atoms in total. The molecule has 1 amide bonds. The second kappa shape index (κ2) is 7.95. The summed E-state index contributed by atoms with van der Waals surface area (Å²) in [6.45, 7) is 1.40. The summed E-state index contributed by atoms with van der Waals surface area (Å²) in [6.07, 6.45) is -0.341. The zero-order chi connectivity index (χ0) is 23.2. The van der Waals surface area contributed by atoms with Crippen LogP contribution < -0.4 is 15.8 Å². The van der Waals surface area contributed by atoms with Crippen molar-refractivity contribution in [1.82, 2.24) is 14.6 Å². The predicted octanol–water partition coefficient (Wildman–Crippen LogP) is 4.44. The molecule has 2 N–H and O–H groups in total. The van der Waals surface area contributed by atoms with Gasteiger partial charge in [0.1, 0.15) is 11.2 Å². The van der Waals surface area contributed by atoms with Gasteiger partial charge in [-0.1, -0.05) is 12.1 Å². The van der Waals surface area contributed by atoms with Gasteiger partial charge in [0, 0.05) is 13.1 Å². The Kier molecular flexibility index (Phi) is 5.07. The van der Waals surface area contributed by atoms with Crippen molar-refractivity contribution >= 4 is 33.8 Å². The fourth-order valence-electron chi connectivity index (χ4n) is 4.26. The molecule has 0 saturated carbocycles. The highest BCUT2D eigenvalue weighted by molar-refractivity contribution is 6.10. The topological polar surface area (TPSA) is 82.5 Å². The van der Waals surface area contributed by atoms with Crippen molar-refractivity contribution in [1.29, 1.82) is 0 Å². The van der Waals surface area contributed by atoms with Crippen molar-refractivity contribution in [3.8, 4) is 0 Å². The van der Waals surface area contributed by atoms with Crippen molar-refractivity contribution in [2.75, 3.05) is 23.3 Å². The highest BCUT2D eigenvalue weighted by atomic mass is 19.4. The van der Waals surface area contributed by atoms with Crippen LogP contribution in [0.2, 0.25) is 0 Å². The molecular weight excluding hydrogens is 435 g/mol. The van der Waals surface area contributed by atoms with E-state index in [0.29, 0.717) is 29.7 Å². The second-order valence-corrected chi connectivity index (χ2v) is 8.02. The molecule has 0 radical (unpaired) electrons. The number of rotatable bonds is 3. The first-order chi connectivity index (χ1) is 15.8. The van der Waals surface area contributed by atoms with Crippen LogP contribution in [-0.2, 0) is 6.18 Å². The number of H-pyrrole nitrogens is 1. The van der Waals surface area contributed by atoms with E-state index in [1.54, 1.807) is 24.3 Å². The third kappa shape index (κ3) is 3.81. The Morgan fingerprint density at radius 2 is 1.82 bits per heavy atom. The first-order valence-corrected chi connectivity index (χ1v) is 10.6. The van der Waals surface area contributed by atoms with Crippen LogP contribution in [0.25, 0.3) is 16.6 Å². The number of nitrogens with one attached hydrogen (secondary N) is 2. The second-order valence-electron chi connectivity index (χ2n) is 8.02. The van der Waals surface area contributed by atoms with Gasteiger partial charge in [0.05, 0.1) is 34.0 Å². The van der Waals surface area contributed by atoms with Crippen LogP contribution >= 0.6 is 0 Å². The van der Waals surface area contributed by atoms with E-state index in [-0.39, 0.29) is 22.5 Å². The molecule has 1 aliphatic heterocycles. The van der Waals surface area contributed by atoms with Gasteiger partial charge in [0.25, 0.3) is 11.5 Å². The Bertz CT molecular complexity index is 1420. The largest absolute Gasteiger partial charge is 0.416 e. The Morgan fingerprint density at radius 3 is 2.58 bits per heavy atom. The number of nitrogens with zero attached hydrogens (tertiary/aromatic N) is 3. The Hall–Kier alpha value is -3.82. The lowest BCUT2D eigenvalue weighted by atomic mass is 10.1. The van der Waals surface area contributed by atoms with Gasteiger partial charge in [0.2, 0.25) is 0 Å². The SMILES string of the molecule is O=C(Nc1cc(C(F)(F)F)ccc1N1CCCCC1)c1cnn2c1[nH]c(=O)c1ccccc12. The number of fused-ring (bicyclic) bond motifs is 3. The minimum absolute atomic E-state index is 0.0554. The quantitative estimate of drug-likeness (QED) is 0.479. The number of carbonyl (C=O) groups is 1. The van der Waals surface area contributed by atoms with Gasteiger partial charge in [0.15, 0.2) is 0 Å². The molecular formula is C23H20F3N5O2. The van der Waals surface area contributed by atoms with Crippen LogP contribution in [0.15, 0.2) is 53.5 Å². The highest BCUT2D eigenvalue weighted by Crippen LogP contribution is 2.36. The van der Waals surface area contributed by atoms with Gasteiger partial charge in [-0.3, -0.25) is 9.59 Å². The van der Waals surface area contributed by atoms with E-state index < -0.39 is 17.6 Å². The zero-order valence-corrected chi connectivity index (χ0v) is 17.4. The molecule has 3 heterocycles. The molecule has 1 fully saturated rings. The average Bonchev–Trinajstić information content (AvgIpc) is 3.23. The molecule has 170 valence electrons.